The number of methoxy groups -OCH3 is 1. The molecular formula is C11H16FNO. The topological polar surface area (TPSA) is 35.2 Å². The zero-order chi connectivity index (χ0) is 10.4. The predicted octanol–water partition coefficient (Wildman–Crippen LogP) is 1.86. The Kier molecular flexibility index (Phi) is 4.56. The van der Waals surface area contributed by atoms with Crippen LogP contribution in [-0.4, -0.2) is 13.7 Å². The van der Waals surface area contributed by atoms with Gasteiger partial charge in [0.2, 0.25) is 0 Å². The second-order valence-corrected chi connectivity index (χ2v) is 3.25. The molecule has 0 heterocycles. The summed E-state index contributed by atoms with van der Waals surface area (Å²) in [5.41, 5.74) is 6.97. The summed E-state index contributed by atoms with van der Waals surface area (Å²) in [5.74, 6) is -0.193. The molecule has 78 valence electrons. The molecule has 3 heteroatoms. The Morgan fingerprint density at radius 1 is 1.43 bits per heavy atom. The lowest BCUT2D eigenvalue weighted by molar-refractivity contribution is 0.181. The van der Waals surface area contributed by atoms with Gasteiger partial charge in [0, 0.05) is 12.7 Å². The number of hydrogen-bond acceptors (Lipinski definition) is 2. The first-order valence-electron chi connectivity index (χ1n) is 4.74. The summed E-state index contributed by atoms with van der Waals surface area (Å²) >= 11 is 0. The molecule has 0 spiro atoms. The second-order valence-electron chi connectivity index (χ2n) is 3.25. The van der Waals surface area contributed by atoms with E-state index in [0.29, 0.717) is 18.7 Å². The SMILES string of the molecule is COCc1ccc(CCCN)cc1F. The Morgan fingerprint density at radius 2 is 2.21 bits per heavy atom. The summed E-state index contributed by atoms with van der Waals surface area (Å²) in [7, 11) is 1.56. The molecule has 2 N–H and O–H groups in total. The minimum absolute atomic E-state index is 0.193. The standard InChI is InChI=1S/C11H16FNO/c1-14-8-10-5-4-9(3-2-6-13)7-11(10)12/h4-5,7H,2-3,6,8,13H2,1H3. The van der Waals surface area contributed by atoms with E-state index in [1.807, 2.05) is 6.07 Å². The lowest BCUT2D eigenvalue weighted by atomic mass is 10.1. The molecule has 14 heavy (non-hydrogen) atoms. The number of hydrogen-bond donors (Lipinski definition) is 1. The van der Waals surface area contributed by atoms with Gasteiger partial charge in [-0.25, -0.2) is 4.39 Å². The van der Waals surface area contributed by atoms with Crippen LogP contribution in [0.15, 0.2) is 18.2 Å². The molecule has 2 nitrogen and oxygen atoms in total. The van der Waals surface area contributed by atoms with Crippen LogP contribution >= 0.6 is 0 Å². The highest BCUT2D eigenvalue weighted by Crippen LogP contribution is 2.12. The fourth-order valence-electron chi connectivity index (χ4n) is 1.33. The van der Waals surface area contributed by atoms with E-state index < -0.39 is 0 Å². The highest BCUT2D eigenvalue weighted by Gasteiger charge is 2.02. The van der Waals surface area contributed by atoms with Crippen molar-refractivity contribution < 1.29 is 9.13 Å². The Balaban J connectivity index is 2.68. The van der Waals surface area contributed by atoms with E-state index in [-0.39, 0.29) is 5.82 Å². The van der Waals surface area contributed by atoms with Crippen LogP contribution in [0.5, 0.6) is 0 Å². The zero-order valence-corrected chi connectivity index (χ0v) is 8.42. The van der Waals surface area contributed by atoms with Gasteiger partial charge in [0.1, 0.15) is 5.82 Å². The van der Waals surface area contributed by atoms with Crippen LogP contribution in [-0.2, 0) is 17.8 Å². The minimum atomic E-state index is -0.193. The van der Waals surface area contributed by atoms with E-state index in [2.05, 4.69) is 0 Å². The minimum Gasteiger partial charge on any atom is -0.380 e. The van der Waals surface area contributed by atoms with Crippen LogP contribution in [0.3, 0.4) is 0 Å². The normalized spacial score (nSPS) is 10.5. The van der Waals surface area contributed by atoms with Crippen molar-refractivity contribution in [2.75, 3.05) is 13.7 Å². The Labute approximate surface area is 83.9 Å². The van der Waals surface area contributed by atoms with Gasteiger partial charge in [-0.15, -0.1) is 0 Å². The number of rotatable bonds is 5. The summed E-state index contributed by atoms with van der Waals surface area (Å²) in [6, 6.07) is 5.25. The fraction of sp³-hybridized carbons (Fsp3) is 0.455. The zero-order valence-electron chi connectivity index (χ0n) is 8.42. The smallest absolute Gasteiger partial charge is 0.128 e. The van der Waals surface area contributed by atoms with E-state index >= 15 is 0 Å². The van der Waals surface area contributed by atoms with E-state index in [0.717, 1.165) is 18.4 Å². The molecule has 0 aromatic heterocycles. The molecule has 0 aliphatic carbocycles. The van der Waals surface area contributed by atoms with Crippen LogP contribution in [0.25, 0.3) is 0 Å². The third-order valence-electron chi connectivity index (χ3n) is 2.09. The van der Waals surface area contributed by atoms with Gasteiger partial charge in [-0.1, -0.05) is 12.1 Å². The van der Waals surface area contributed by atoms with Crippen LogP contribution in [0, 0.1) is 5.82 Å². The molecular weight excluding hydrogens is 181 g/mol. The van der Waals surface area contributed by atoms with Crippen molar-refractivity contribution in [2.45, 2.75) is 19.4 Å². The average Bonchev–Trinajstić information content (AvgIpc) is 2.19. The molecule has 0 fully saturated rings. The summed E-state index contributed by atoms with van der Waals surface area (Å²) in [6.07, 6.45) is 1.73. The molecule has 0 bridgehead atoms. The van der Waals surface area contributed by atoms with Crippen molar-refractivity contribution in [2.24, 2.45) is 5.73 Å². The highest BCUT2D eigenvalue weighted by molar-refractivity contribution is 5.24. The van der Waals surface area contributed by atoms with E-state index in [1.165, 1.54) is 0 Å². The van der Waals surface area contributed by atoms with Crippen molar-refractivity contribution in [1.29, 1.82) is 0 Å². The van der Waals surface area contributed by atoms with Gasteiger partial charge < -0.3 is 10.5 Å². The monoisotopic (exact) mass is 197 g/mol. The fourth-order valence-corrected chi connectivity index (χ4v) is 1.33. The molecule has 0 atom stereocenters. The number of ether oxygens (including phenoxy) is 1. The first-order chi connectivity index (χ1) is 6.77. The van der Waals surface area contributed by atoms with Gasteiger partial charge in [0.05, 0.1) is 6.61 Å². The van der Waals surface area contributed by atoms with Gasteiger partial charge in [-0.2, -0.15) is 0 Å². The van der Waals surface area contributed by atoms with Crippen LogP contribution in [0.4, 0.5) is 4.39 Å². The maximum Gasteiger partial charge on any atom is 0.128 e. The van der Waals surface area contributed by atoms with Gasteiger partial charge in [0.15, 0.2) is 0 Å². The molecule has 1 aromatic rings. The number of benzene rings is 1. The molecule has 0 radical (unpaired) electrons. The largest absolute Gasteiger partial charge is 0.380 e. The van der Waals surface area contributed by atoms with E-state index in [1.54, 1.807) is 19.2 Å². The van der Waals surface area contributed by atoms with Crippen molar-refractivity contribution in [3.63, 3.8) is 0 Å². The van der Waals surface area contributed by atoms with Crippen LogP contribution < -0.4 is 5.73 Å². The van der Waals surface area contributed by atoms with Crippen LogP contribution in [0.1, 0.15) is 17.5 Å². The first kappa shape index (κ1) is 11.1. The highest BCUT2D eigenvalue weighted by atomic mass is 19.1. The quantitative estimate of drug-likeness (QED) is 0.782. The third-order valence-corrected chi connectivity index (χ3v) is 2.09. The Morgan fingerprint density at radius 3 is 2.79 bits per heavy atom. The molecule has 1 aromatic carbocycles. The molecule has 0 aliphatic rings. The average molecular weight is 197 g/mol. The van der Waals surface area contributed by atoms with Crippen molar-refractivity contribution >= 4 is 0 Å². The van der Waals surface area contributed by atoms with Crippen LogP contribution in [0.2, 0.25) is 0 Å². The molecule has 0 saturated heterocycles. The van der Waals surface area contributed by atoms with Gasteiger partial charge in [0.25, 0.3) is 0 Å². The van der Waals surface area contributed by atoms with Gasteiger partial charge in [-0.05, 0) is 31.0 Å². The summed E-state index contributed by atoms with van der Waals surface area (Å²) in [5, 5.41) is 0. The molecule has 0 aliphatic heterocycles. The summed E-state index contributed by atoms with van der Waals surface area (Å²) < 4.78 is 18.2. The van der Waals surface area contributed by atoms with Crippen molar-refractivity contribution in [3.8, 4) is 0 Å². The summed E-state index contributed by atoms with van der Waals surface area (Å²) in [6.45, 7) is 0.963. The van der Waals surface area contributed by atoms with Crippen molar-refractivity contribution in [1.82, 2.24) is 0 Å². The van der Waals surface area contributed by atoms with Gasteiger partial charge >= 0.3 is 0 Å². The van der Waals surface area contributed by atoms with Crippen molar-refractivity contribution in [3.05, 3.63) is 35.1 Å². The molecule has 0 unspecified atom stereocenters. The molecule has 1 rings (SSSR count). The van der Waals surface area contributed by atoms with E-state index in [9.17, 15) is 4.39 Å². The van der Waals surface area contributed by atoms with E-state index in [4.69, 9.17) is 10.5 Å². The number of aryl methyl sites for hydroxylation is 1. The third kappa shape index (κ3) is 3.09. The lowest BCUT2D eigenvalue weighted by Crippen LogP contribution is -2.01. The number of halogens is 1. The van der Waals surface area contributed by atoms with Gasteiger partial charge in [-0.3, -0.25) is 0 Å². The Hall–Kier alpha value is -0.930. The molecule has 0 amide bonds. The summed E-state index contributed by atoms with van der Waals surface area (Å²) in [4.78, 5) is 0. The molecule has 0 saturated carbocycles. The first-order valence-corrected chi connectivity index (χ1v) is 4.74. The predicted molar refractivity (Wildman–Crippen MR) is 54.5 cm³/mol. The Bertz CT molecular complexity index is 289. The lowest BCUT2D eigenvalue weighted by Gasteiger charge is -2.04. The second kappa shape index (κ2) is 5.73. The maximum atomic E-state index is 13.4. The maximum absolute atomic E-state index is 13.4. The number of nitrogens with two attached hydrogens (primary N) is 1.